The molecule has 0 aliphatic heterocycles. The predicted molar refractivity (Wildman–Crippen MR) is 64.8 cm³/mol. The van der Waals surface area contributed by atoms with Crippen LogP contribution in [0.3, 0.4) is 0 Å². The SMILES string of the molecule is BrCC1=CC[C@@H](c2ccccc2)C=C1. The van der Waals surface area contributed by atoms with E-state index < -0.39 is 0 Å². The third kappa shape index (κ3) is 2.16. The molecule has 1 aliphatic rings. The second-order valence-corrected chi connectivity index (χ2v) is 4.09. The molecule has 0 heterocycles. The van der Waals surface area contributed by atoms with Crippen LogP contribution in [-0.4, -0.2) is 5.33 Å². The first-order valence-electron chi connectivity index (χ1n) is 4.88. The number of alkyl halides is 1. The highest BCUT2D eigenvalue weighted by Crippen LogP contribution is 2.26. The first-order chi connectivity index (χ1) is 6.90. The lowest BCUT2D eigenvalue weighted by Gasteiger charge is -2.15. The summed E-state index contributed by atoms with van der Waals surface area (Å²) < 4.78 is 0. The van der Waals surface area contributed by atoms with Gasteiger partial charge in [-0.25, -0.2) is 0 Å². The Bertz CT molecular complexity index is 349. The van der Waals surface area contributed by atoms with Crippen LogP contribution >= 0.6 is 15.9 Å². The molecular weight excluding hydrogens is 236 g/mol. The second kappa shape index (κ2) is 4.61. The quantitative estimate of drug-likeness (QED) is 0.693. The maximum atomic E-state index is 3.47. The molecule has 0 saturated heterocycles. The first kappa shape index (κ1) is 9.72. The summed E-state index contributed by atoms with van der Waals surface area (Å²) in [4.78, 5) is 0. The monoisotopic (exact) mass is 248 g/mol. The van der Waals surface area contributed by atoms with Crippen molar-refractivity contribution < 1.29 is 0 Å². The fourth-order valence-electron chi connectivity index (χ4n) is 1.71. The van der Waals surface area contributed by atoms with Gasteiger partial charge in [0.05, 0.1) is 0 Å². The normalized spacial score (nSPS) is 20.6. The largest absolute Gasteiger partial charge is 0.0876 e. The zero-order valence-electron chi connectivity index (χ0n) is 7.99. The minimum atomic E-state index is 0.569. The Labute approximate surface area is 93.5 Å². The minimum Gasteiger partial charge on any atom is -0.0876 e. The molecule has 1 heteroatoms. The zero-order valence-corrected chi connectivity index (χ0v) is 9.57. The molecule has 1 aliphatic carbocycles. The van der Waals surface area contributed by atoms with Crippen LogP contribution in [0.5, 0.6) is 0 Å². The molecule has 1 atom stereocenters. The molecule has 0 fully saturated rings. The zero-order chi connectivity index (χ0) is 9.80. The van der Waals surface area contributed by atoms with Crippen molar-refractivity contribution in [1.82, 2.24) is 0 Å². The Morgan fingerprint density at radius 2 is 2.00 bits per heavy atom. The molecule has 0 aromatic heterocycles. The molecule has 0 saturated carbocycles. The minimum absolute atomic E-state index is 0.569. The molecule has 0 radical (unpaired) electrons. The van der Waals surface area contributed by atoms with Crippen molar-refractivity contribution in [3.8, 4) is 0 Å². The summed E-state index contributed by atoms with van der Waals surface area (Å²) in [5.74, 6) is 0.569. The van der Waals surface area contributed by atoms with Gasteiger partial charge in [-0.2, -0.15) is 0 Å². The lowest BCUT2D eigenvalue weighted by Crippen LogP contribution is -1.98. The van der Waals surface area contributed by atoms with Crippen LogP contribution in [0.1, 0.15) is 17.9 Å². The van der Waals surface area contributed by atoms with E-state index in [1.54, 1.807) is 0 Å². The molecule has 0 N–H and O–H groups in total. The van der Waals surface area contributed by atoms with Gasteiger partial charge in [-0.3, -0.25) is 0 Å². The molecule has 14 heavy (non-hydrogen) atoms. The van der Waals surface area contributed by atoms with E-state index in [0.29, 0.717) is 5.92 Å². The summed E-state index contributed by atoms with van der Waals surface area (Å²) in [5.41, 5.74) is 2.80. The number of benzene rings is 1. The van der Waals surface area contributed by atoms with Crippen molar-refractivity contribution in [2.24, 2.45) is 0 Å². The van der Waals surface area contributed by atoms with Crippen molar-refractivity contribution in [2.75, 3.05) is 5.33 Å². The van der Waals surface area contributed by atoms with Gasteiger partial charge < -0.3 is 0 Å². The molecule has 1 aromatic carbocycles. The van der Waals surface area contributed by atoms with E-state index in [1.165, 1.54) is 11.1 Å². The standard InChI is InChI=1S/C13H13Br/c14-10-11-6-8-13(9-7-11)12-4-2-1-3-5-12/h1-8,13H,9-10H2/t13-/m0/s1. The van der Waals surface area contributed by atoms with Gasteiger partial charge in [0.15, 0.2) is 0 Å². The van der Waals surface area contributed by atoms with Gasteiger partial charge in [-0.05, 0) is 17.6 Å². The van der Waals surface area contributed by atoms with Crippen molar-refractivity contribution in [3.05, 3.63) is 59.7 Å². The van der Waals surface area contributed by atoms with Crippen molar-refractivity contribution in [2.45, 2.75) is 12.3 Å². The van der Waals surface area contributed by atoms with Crippen LogP contribution in [0.4, 0.5) is 0 Å². The van der Waals surface area contributed by atoms with Gasteiger partial charge in [0, 0.05) is 11.2 Å². The van der Waals surface area contributed by atoms with E-state index >= 15 is 0 Å². The lowest BCUT2D eigenvalue weighted by atomic mass is 9.91. The summed E-state index contributed by atoms with van der Waals surface area (Å²) in [6, 6.07) is 10.7. The summed E-state index contributed by atoms with van der Waals surface area (Å²) in [6.07, 6.45) is 7.95. The molecule has 72 valence electrons. The second-order valence-electron chi connectivity index (χ2n) is 3.52. The first-order valence-corrected chi connectivity index (χ1v) is 6.00. The van der Waals surface area contributed by atoms with E-state index in [2.05, 4.69) is 64.5 Å². The van der Waals surface area contributed by atoms with Gasteiger partial charge >= 0.3 is 0 Å². The Hall–Kier alpha value is -0.820. The average molecular weight is 249 g/mol. The van der Waals surface area contributed by atoms with E-state index in [0.717, 1.165) is 11.8 Å². The molecule has 1 aromatic rings. The number of hydrogen-bond acceptors (Lipinski definition) is 0. The Morgan fingerprint density at radius 1 is 1.21 bits per heavy atom. The topological polar surface area (TPSA) is 0 Å². The van der Waals surface area contributed by atoms with Gasteiger partial charge in [0.2, 0.25) is 0 Å². The van der Waals surface area contributed by atoms with E-state index in [4.69, 9.17) is 0 Å². The summed E-state index contributed by atoms with van der Waals surface area (Å²) >= 11 is 3.47. The summed E-state index contributed by atoms with van der Waals surface area (Å²) in [6.45, 7) is 0. The van der Waals surface area contributed by atoms with Crippen molar-refractivity contribution in [1.29, 1.82) is 0 Å². The molecule has 0 bridgehead atoms. The Morgan fingerprint density at radius 3 is 2.57 bits per heavy atom. The van der Waals surface area contributed by atoms with Gasteiger partial charge in [-0.1, -0.05) is 64.5 Å². The Kier molecular flexibility index (Phi) is 3.20. The number of allylic oxidation sites excluding steroid dienone is 4. The molecule has 0 amide bonds. The van der Waals surface area contributed by atoms with Gasteiger partial charge in [-0.15, -0.1) is 0 Å². The third-order valence-corrected chi connectivity index (χ3v) is 3.21. The van der Waals surface area contributed by atoms with Gasteiger partial charge in [0.25, 0.3) is 0 Å². The average Bonchev–Trinajstić information content (AvgIpc) is 2.30. The summed E-state index contributed by atoms with van der Waals surface area (Å²) in [7, 11) is 0. The summed E-state index contributed by atoms with van der Waals surface area (Å²) in [5, 5.41) is 0.963. The van der Waals surface area contributed by atoms with Crippen LogP contribution in [-0.2, 0) is 0 Å². The van der Waals surface area contributed by atoms with E-state index in [9.17, 15) is 0 Å². The fraction of sp³-hybridized carbons (Fsp3) is 0.231. The molecular formula is C13H13Br. The molecule has 2 rings (SSSR count). The maximum absolute atomic E-state index is 3.47. The fourth-order valence-corrected chi connectivity index (χ4v) is 2.13. The third-order valence-electron chi connectivity index (χ3n) is 2.56. The highest BCUT2D eigenvalue weighted by molar-refractivity contribution is 9.09. The van der Waals surface area contributed by atoms with Crippen LogP contribution in [0.2, 0.25) is 0 Å². The number of hydrogen-bond donors (Lipinski definition) is 0. The van der Waals surface area contributed by atoms with Crippen LogP contribution < -0.4 is 0 Å². The van der Waals surface area contributed by atoms with Crippen LogP contribution in [0.25, 0.3) is 0 Å². The lowest BCUT2D eigenvalue weighted by molar-refractivity contribution is 0.846. The van der Waals surface area contributed by atoms with E-state index in [-0.39, 0.29) is 0 Å². The maximum Gasteiger partial charge on any atom is 0.0279 e. The number of rotatable bonds is 2. The van der Waals surface area contributed by atoms with Crippen LogP contribution in [0, 0.1) is 0 Å². The number of halogens is 1. The molecule has 0 nitrogen and oxygen atoms in total. The van der Waals surface area contributed by atoms with Crippen molar-refractivity contribution in [3.63, 3.8) is 0 Å². The highest BCUT2D eigenvalue weighted by atomic mass is 79.9. The molecule has 0 unspecified atom stereocenters. The van der Waals surface area contributed by atoms with E-state index in [1.807, 2.05) is 0 Å². The predicted octanol–water partition coefficient (Wildman–Crippen LogP) is 4.05. The molecule has 0 spiro atoms. The highest BCUT2D eigenvalue weighted by Gasteiger charge is 2.09. The Balaban J connectivity index is 2.11. The smallest absolute Gasteiger partial charge is 0.0279 e. The van der Waals surface area contributed by atoms with Crippen molar-refractivity contribution >= 4 is 15.9 Å². The van der Waals surface area contributed by atoms with Crippen LogP contribution in [0.15, 0.2) is 54.1 Å². The van der Waals surface area contributed by atoms with Gasteiger partial charge in [0.1, 0.15) is 0 Å².